The van der Waals surface area contributed by atoms with Gasteiger partial charge in [0.2, 0.25) is 0 Å². The average molecular weight is 1030 g/mol. The summed E-state index contributed by atoms with van der Waals surface area (Å²) in [7, 11) is 0. The number of nitrogens with zero attached hydrogens (tertiary/aromatic N) is 4. The van der Waals surface area contributed by atoms with Gasteiger partial charge < -0.3 is 0 Å². The molecule has 65 heavy (non-hydrogen) atoms. The topological polar surface area (TPSA) is 36.4 Å². The number of pyridine rings is 1. The van der Waals surface area contributed by atoms with Crippen LogP contribution in [0.5, 0.6) is 11.5 Å². The molecule has 0 radical (unpaired) electrons. The van der Waals surface area contributed by atoms with Crippen LogP contribution in [-0.4, -0.2) is 18.5 Å². The summed E-state index contributed by atoms with van der Waals surface area (Å²) in [4.78, 5) is 5.16. The van der Waals surface area contributed by atoms with Crippen LogP contribution in [0.25, 0.3) is 72.0 Å². The Kier molecular flexibility index (Phi) is 8.43. The summed E-state index contributed by atoms with van der Waals surface area (Å²) in [5.74, 6) is 1.42. The first kappa shape index (κ1) is 40.2. The second-order valence-electron chi connectivity index (χ2n) is 20.4. The fourth-order valence-corrected chi connectivity index (χ4v) is 12.3. The molecule has 0 atom stereocenters. The molecule has 10 aromatic rings. The molecular weight excluding hydrogens is 976 g/mol. The molecule has 2 aliphatic rings. The molecule has 12 rings (SSSR count). The zero-order valence-electron chi connectivity index (χ0n) is 38.4. The molecule has 6 heteroatoms. The summed E-state index contributed by atoms with van der Waals surface area (Å²) < 4.78 is 15.4. The zero-order chi connectivity index (χ0) is 44.9. The first-order valence-corrected chi connectivity index (χ1v) is 23.9. The number of hydrogen-bond donors (Lipinski definition) is 0. The van der Waals surface area contributed by atoms with Gasteiger partial charge in [0.05, 0.1) is 0 Å². The molecule has 3 aromatic heterocycles. The Morgan fingerprint density at radius 2 is 1.18 bits per heavy atom. The minimum atomic E-state index is -0.270. The van der Waals surface area contributed by atoms with Crippen molar-refractivity contribution in [3.8, 4) is 45.1 Å². The predicted molar refractivity (Wildman–Crippen MR) is 263 cm³/mol. The maximum absolute atomic E-state index is 6.98. The van der Waals surface area contributed by atoms with Crippen molar-refractivity contribution in [2.24, 2.45) is 0 Å². The van der Waals surface area contributed by atoms with Crippen molar-refractivity contribution in [2.75, 3.05) is 0 Å². The van der Waals surface area contributed by atoms with Gasteiger partial charge in [-0.3, -0.25) is 0 Å². The first-order chi connectivity index (χ1) is 31.1. The Morgan fingerprint density at radius 1 is 0.569 bits per heavy atom. The second-order valence-corrected chi connectivity index (χ2v) is 21.4. The van der Waals surface area contributed by atoms with Crippen LogP contribution in [0.1, 0.15) is 83.3 Å². The molecule has 0 amide bonds. The molecule has 7 aromatic carbocycles. The van der Waals surface area contributed by atoms with Crippen LogP contribution in [0.2, 0.25) is 0 Å². The van der Waals surface area contributed by atoms with Crippen LogP contribution in [0.15, 0.2) is 146 Å². The molecule has 0 aliphatic carbocycles. The van der Waals surface area contributed by atoms with Gasteiger partial charge in [0, 0.05) is 10.8 Å². The number of rotatable bonds is 5. The number of para-hydroxylation sites is 2. The largest absolute Gasteiger partial charge is 0.0548 e. The van der Waals surface area contributed by atoms with E-state index in [0.29, 0.717) is 5.75 Å². The maximum atomic E-state index is 6.98. The number of fused-ring (bicyclic) bond motifs is 5. The molecule has 0 spiro atoms. The third-order valence-corrected chi connectivity index (χ3v) is 17.3. The normalized spacial score (nSPS) is 16.4. The van der Waals surface area contributed by atoms with Crippen molar-refractivity contribution >= 4 is 38.4 Å². The minimum absolute atomic E-state index is 0.0814. The van der Waals surface area contributed by atoms with Gasteiger partial charge in [-0.15, -0.1) is 0 Å². The van der Waals surface area contributed by atoms with Crippen molar-refractivity contribution in [3.05, 3.63) is 184 Å². The van der Waals surface area contributed by atoms with E-state index in [1.807, 2.05) is 0 Å². The van der Waals surface area contributed by atoms with Crippen LogP contribution in [0.4, 0.5) is 0 Å². The average Bonchev–Trinajstić information content (AvgIpc) is 3.87. The molecule has 2 aliphatic heterocycles. The number of imidazole rings is 2. The van der Waals surface area contributed by atoms with E-state index in [0.717, 1.165) is 37.5 Å². The quantitative estimate of drug-likeness (QED) is 0.127. The van der Waals surface area contributed by atoms with Gasteiger partial charge in [-0.2, -0.15) is 0 Å². The van der Waals surface area contributed by atoms with Crippen LogP contribution >= 0.6 is 0 Å². The monoisotopic (exact) mass is 1030 g/mol. The third-order valence-electron chi connectivity index (χ3n) is 16.3. The molecule has 0 fully saturated rings. The Morgan fingerprint density at radius 3 is 1.88 bits per heavy atom. The molecule has 0 saturated heterocycles. The van der Waals surface area contributed by atoms with Crippen LogP contribution in [-0.2, 0) is 41.0 Å². The number of ether oxygens (including phenoxy) is 1. The van der Waals surface area contributed by atoms with Gasteiger partial charge in [0.15, 0.2) is 0 Å². The molecular formula is C59H51N4OPt-. The van der Waals surface area contributed by atoms with Crippen LogP contribution in [0.3, 0.4) is 0 Å². The van der Waals surface area contributed by atoms with E-state index in [9.17, 15) is 0 Å². The van der Waals surface area contributed by atoms with Gasteiger partial charge in [-0.1, -0.05) is 39.8 Å². The summed E-state index contributed by atoms with van der Waals surface area (Å²) in [6.45, 7) is 21.3. The summed E-state index contributed by atoms with van der Waals surface area (Å²) in [6.07, 6.45) is 2.10. The summed E-state index contributed by atoms with van der Waals surface area (Å²) in [5.41, 5.74) is 17.0. The number of hydrogen-bond acceptors (Lipinski definition) is 2. The van der Waals surface area contributed by atoms with Gasteiger partial charge in [-0.05, 0) is 12.5 Å². The molecule has 5 heterocycles. The Labute approximate surface area is 391 Å². The molecule has 0 unspecified atom stereocenters. The van der Waals surface area contributed by atoms with E-state index >= 15 is 0 Å². The SMILES string of the molecule is Cc1ccc2c3c1c1ccc(Oc4[c-]c5c(cc4)C(C)(C)C(C)(C)c4cccc6c4n-5[c](=[Pt])n6-c4c(-c5ccccc5)cccc4-c4ccccc4)cc1c1ncc(n13)C(C)(C)C2(C)C. The predicted octanol–water partition coefficient (Wildman–Crippen LogP) is 14.8. The molecule has 5 nitrogen and oxygen atoms in total. The van der Waals surface area contributed by atoms with Gasteiger partial charge in [0.25, 0.3) is 0 Å². The molecule has 0 saturated carbocycles. The van der Waals surface area contributed by atoms with Crippen LogP contribution < -0.4 is 4.74 Å². The van der Waals surface area contributed by atoms with Crippen LogP contribution in [0, 0.1) is 16.8 Å². The molecule has 0 N–H and O–H groups in total. The van der Waals surface area contributed by atoms with E-state index in [1.54, 1.807) is 0 Å². The van der Waals surface area contributed by atoms with Crippen molar-refractivity contribution in [3.63, 3.8) is 0 Å². The molecule has 0 bridgehead atoms. The standard InChI is InChI=1S/C59H51N4O.Pt/c1-36-26-30-47-54-51(36)43-29-27-39(32-44(43)55-60-34-50(63(54)55)59(8,9)58(47,6)7)64-40-28-31-45-49(33-40)62-35-61(48-25-17-24-46(53(48)62)57(4,5)56(45,2)3)52-41(37-18-12-10-13-19-37)22-16-23-42(52)38-20-14-11-15-21-38;/h10-32,34H,1-9H3;/q-1;. The van der Waals surface area contributed by atoms with Gasteiger partial charge in [-0.25, -0.2) is 0 Å². The summed E-state index contributed by atoms with van der Waals surface area (Å²) in [5, 5.41) is 3.55. The third kappa shape index (κ3) is 5.31. The number of aromatic nitrogens is 4. The van der Waals surface area contributed by atoms with Crippen molar-refractivity contribution in [1.29, 1.82) is 0 Å². The zero-order valence-corrected chi connectivity index (χ0v) is 40.6. The summed E-state index contributed by atoms with van der Waals surface area (Å²) >= 11 is 2.57. The smallest absolute Gasteiger partial charge is 0.0162 e. The van der Waals surface area contributed by atoms with E-state index in [4.69, 9.17) is 9.72 Å². The number of benzene rings is 7. The molecule has 324 valence electrons. The Balaban J connectivity index is 1.09. The Bertz CT molecular complexity index is 3660. The number of aryl methyl sites for hydroxylation is 1. The maximum Gasteiger partial charge on any atom is 0.0162 e. The van der Waals surface area contributed by atoms with Crippen molar-refractivity contribution < 1.29 is 24.1 Å². The first-order valence-electron chi connectivity index (χ1n) is 22.7. The van der Waals surface area contributed by atoms with Gasteiger partial charge >= 0.3 is 330 Å². The van der Waals surface area contributed by atoms with Crippen molar-refractivity contribution in [2.45, 2.75) is 84.0 Å². The van der Waals surface area contributed by atoms with E-state index in [-0.39, 0.29) is 21.7 Å². The van der Waals surface area contributed by atoms with E-state index in [2.05, 4.69) is 247 Å². The van der Waals surface area contributed by atoms with E-state index < -0.39 is 0 Å². The summed E-state index contributed by atoms with van der Waals surface area (Å²) in [6, 6.07) is 54.6. The minimum Gasteiger partial charge on any atom is -0.0548 e. The van der Waals surface area contributed by atoms with Gasteiger partial charge in [0.1, 0.15) is 0 Å². The fraction of sp³-hybridized carbons (Fsp3) is 0.220. The Hall–Kier alpha value is -6.29. The fourth-order valence-electron chi connectivity index (χ4n) is 11.2. The van der Waals surface area contributed by atoms with Crippen molar-refractivity contribution in [1.82, 2.24) is 18.5 Å². The second kappa shape index (κ2) is 13.6. The van der Waals surface area contributed by atoms with E-state index in [1.165, 1.54) is 72.0 Å².